The highest BCUT2D eigenvalue weighted by Crippen LogP contribution is 2.18. The van der Waals surface area contributed by atoms with Crippen molar-refractivity contribution in [1.29, 1.82) is 0 Å². The number of hydrogen-bond acceptors (Lipinski definition) is 3. The van der Waals surface area contributed by atoms with Gasteiger partial charge in [0.25, 0.3) is 0 Å². The lowest BCUT2D eigenvalue weighted by atomic mass is 10.1. The second-order valence-corrected chi connectivity index (χ2v) is 5.35. The fraction of sp³-hybridized carbons (Fsp3) is 0.429. The monoisotopic (exact) mass is 278 g/mol. The molecule has 0 spiro atoms. The van der Waals surface area contributed by atoms with E-state index in [1.165, 1.54) is 12.1 Å². The number of anilines is 1. The van der Waals surface area contributed by atoms with E-state index in [9.17, 15) is 9.59 Å². The number of nitrogens with one attached hydrogen (secondary N) is 1. The molecule has 6 nitrogen and oxygen atoms in total. The van der Waals surface area contributed by atoms with Crippen LogP contribution >= 0.6 is 0 Å². The number of urea groups is 1. The zero-order valence-electron chi connectivity index (χ0n) is 11.5. The zero-order valence-corrected chi connectivity index (χ0v) is 11.5. The Bertz CT molecular complexity index is 528. The van der Waals surface area contributed by atoms with Gasteiger partial charge in [0.2, 0.25) is 0 Å². The molecule has 2 amide bonds. The number of carboxylic acid groups (broad SMARTS) is 1. The summed E-state index contributed by atoms with van der Waals surface area (Å²) in [5, 5.41) is 11.6. The molecule has 1 aromatic rings. The van der Waals surface area contributed by atoms with Crippen molar-refractivity contribution in [1.82, 2.24) is 4.90 Å². The Labute approximate surface area is 117 Å². The van der Waals surface area contributed by atoms with Gasteiger partial charge in [0.15, 0.2) is 0 Å². The Balaban J connectivity index is 2.04. The smallest absolute Gasteiger partial charge is 0.335 e. The summed E-state index contributed by atoms with van der Waals surface area (Å²) in [4.78, 5) is 24.7. The molecule has 1 aromatic carbocycles. The van der Waals surface area contributed by atoms with E-state index >= 15 is 0 Å². The first-order valence-corrected chi connectivity index (χ1v) is 6.41. The number of carbonyl (C=O) groups is 2. The minimum absolute atomic E-state index is 0.144. The van der Waals surface area contributed by atoms with E-state index in [1.54, 1.807) is 17.0 Å². The SMILES string of the molecule is CC1(C)CN(C(=O)Nc2cccc(C(=O)O)c2)CCO1. The lowest BCUT2D eigenvalue weighted by Crippen LogP contribution is -2.51. The van der Waals surface area contributed by atoms with Crippen LogP contribution in [-0.2, 0) is 4.74 Å². The molecular weight excluding hydrogens is 260 g/mol. The Morgan fingerprint density at radius 2 is 2.15 bits per heavy atom. The molecule has 1 heterocycles. The maximum Gasteiger partial charge on any atom is 0.335 e. The summed E-state index contributed by atoms with van der Waals surface area (Å²) in [6, 6.07) is 5.93. The summed E-state index contributed by atoms with van der Waals surface area (Å²) < 4.78 is 5.55. The number of carbonyl (C=O) groups excluding carboxylic acids is 1. The molecule has 1 fully saturated rings. The topological polar surface area (TPSA) is 78.9 Å². The van der Waals surface area contributed by atoms with Crippen LogP contribution in [0.4, 0.5) is 10.5 Å². The van der Waals surface area contributed by atoms with Crippen molar-refractivity contribution < 1.29 is 19.4 Å². The second kappa shape index (κ2) is 5.50. The van der Waals surface area contributed by atoms with Gasteiger partial charge in [-0.2, -0.15) is 0 Å². The van der Waals surface area contributed by atoms with Gasteiger partial charge in [0, 0.05) is 12.2 Å². The largest absolute Gasteiger partial charge is 0.478 e. The van der Waals surface area contributed by atoms with Crippen LogP contribution in [0.15, 0.2) is 24.3 Å². The van der Waals surface area contributed by atoms with E-state index in [0.29, 0.717) is 25.4 Å². The predicted octanol–water partition coefficient (Wildman–Crippen LogP) is 2.03. The van der Waals surface area contributed by atoms with Crippen LogP contribution in [0, 0.1) is 0 Å². The van der Waals surface area contributed by atoms with E-state index in [4.69, 9.17) is 9.84 Å². The molecule has 1 aliphatic heterocycles. The first-order chi connectivity index (χ1) is 9.37. The van der Waals surface area contributed by atoms with Gasteiger partial charge in [-0.15, -0.1) is 0 Å². The number of nitrogens with zero attached hydrogens (tertiary/aromatic N) is 1. The normalized spacial score (nSPS) is 17.6. The molecule has 2 rings (SSSR count). The van der Waals surface area contributed by atoms with Gasteiger partial charge in [-0.3, -0.25) is 0 Å². The fourth-order valence-electron chi connectivity index (χ4n) is 2.12. The quantitative estimate of drug-likeness (QED) is 0.867. The molecule has 0 atom stereocenters. The van der Waals surface area contributed by atoms with Gasteiger partial charge in [0.05, 0.1) is 24.3 Å². The fourth-order valence-corrected chi connectivity index (χ4v) is 2.12. The highest BCUT2D eigenvalue weighted by atomic mass is 16.5. The van der Waals surface area contributed by atoms with E-state index in [-0.39, 0.29) is 17.2 Å². The highest BCUT2D eigenvalue weighted by molar-refractivity contribution is 5.93. The summed E-state index contributed by atoms with van der Waals surface area (Å²) >= 11 is 0. The lowest BCUT2D eigenvalue weighted by Gasteiger charge is -2.38. The molecule has 0 saturated carbocycles. The number of hydrogen-bond donors (Lipinski definition) is 2. The third-order valence-corrected chi connectivity index (χ3v) is 3.07. The molecule has 1 saturated heterocycles. The average Bonchev–Trinajstić information content (AvgIpc) is 2.37. The second-order valence-electron chi connectivity index (χ2n) is 5.35. The summed E-state index contributed by atoms with van der Waals surface area (Å²) in [6.07, 6.45) is 0. The average molecular weight is 278 g/mol. The minimum Gasteiger partial charge on any atom is -0.478 e. The van der Waals surface area contributed by atoms with Gasteiger partial charge in [-0.05, 0) is 32.0 Å². The summed E-state index contributed by atoms with van der Waals surface area (Å²) in [5.74, 6) is -1.02. The van der Waals surface area contributed by atoms with Crippen molar-refractivity contribution in [3.63, 3.8) is 0 Å². The number of amides is 2. The van der Waals surface area contributed by atoms with Crippen molar-refractivity contribution in [2.75, 3.05) is 25.0 Å². The number of carboxylic acids is 1. The van der Waals surface area contributed by atoms with Crippen molar-refractivity contribution in [2.24, 2.45) is 0 Å². The maximum atomic E-state index is 12.1. The van der Waals surface area contributed by atoms with Gasteiger partial charge in [-0.1, -0.05) is 6.07 Å². The van der Waals surface area contributed by atoms with Crippen LogP contribution in [0.3, 0.4) is 0 Å². The number of ether oxygens (including phenoxy) is 1. The molecule has 0 unspecified atom stereocenters. The van der Waals surface area contributed by atoms with Crippen LogP contribution in [-0.4, -0.2) is 47.3 Å². The molecule has 20 heavy (non-hydrogen) atoms. The molecule has 0 radical (unpaired) electrons. The third kappa shape index (κ3) is 3.48. The number of morpholine rings is 1. The number of aromatic carboxylic acids is 1. The van der Waals surface area contributed by atoms with Crippen LogP contribution in [0.2, 0.25) is 0 Å². The molecule has 0 bridgehead atoms. The van der Waals surface area contributed by atoms with Gasteiger partial charge < -0.3 is 20.1 Å². The van der Waals surface area contributed by atoms with E-state index in [2.05, 4.69) is 5.32 Å². The molecule has 0 aliphatic carbocycles. The maximum absolute atomic E-state index is 12.1. The van der Waals surface area contributed by atoms with E-state index in [0.717, 1.165) is 0 Å². The summed E-state index contributed by atoms with van der Waals surface area (Å²) in [7, 11) is 0. The number of benzene rings is 1. The first-order valence-electron chi connectivity index (χ1n) is 6.41. The number of rotatable bonds is 2. The van der Waals surface area contributed by atoms with E-state index in [1.807, 2.05) is 13.8 Å². The Hall–Kier alpha value is -2.08. The van der Waals surface area contributed by atoms with Crippen molar-refractivity contribution >= 4 is 17.7 Å². The first kappa shape index (κ1) is 14.3. The minimum atomic E-state index is -1.02. The van der Waals surface area contributed by atoms with Crippen LogP contribution in [0.5, 0.6) is 0 Å². The molecule has 2 N–H and O–H groups in total. The Kier molecular flexibility index (Phi) is 3.94. The third-order valence-electron chi connectivity index (χ3n) is 3.07. The summed E-state index contributed by atoms with van der Waals surface area (Å²) in [6.45, 7) is 5.37. The molecule has 6 heteroatoms. The molecule has 108 valence electrons. The lowest BCUT2D eigenvalue weighted by molar-refractivity contribution is -0.0720. The molecular formula is C14H18N2O4. The van der Waals surface area contributed by atoms with Crippen LogP contribution < -0.4 is 5.32 Å². The van der Waals surface area contributed by atoms with Gasteiger partial charge in [-0.25, -0.2) is 9.59 Å². The standard InChI is InChI=1S/C14H18N2O4/c1-14(2)9-16(6-7-20-14)13(19)15-11-5-3-4-10(8-11)12(17)18/h3-5,8H,6-7,9H2,1-2H3,(H,15,19)(H,17,18). The van der Waals surface area contributed by atoms with Gasteiger partial charge in [0.1, 0.15) is 0 Å². The van der Waals surface area contributed by atoms with Gasteiger partial charge >= 0.3 is 12.0 Å². The Morgan fingerprint density at radius 3 is 2.80 bits per heavy atom. The van der Waals surface area contributed by atoms with Crippen molar-refractivity contribution in [3.05, 3.63) is 29.8 Å². The highest BCUT2D eigenvalue weighted by Gasteiger charge is 2.29. The van der Waals surface area contributed by atoms with Crippen molar-refractivity contribution in [3.8, 4) is 0 Å². The van der Waals surface area contributed by atoms with Crippen molar-refractivity contribution in [2.45, 2.75) is 19.4 Å². The van der Waals surface area contributed by atoms with Crippen LogP contribution in [0.1, 0.15) is 24.2 Å². The molecule has 1 aliphatic rings. The Morgan fingerprint density at radius 1 is 1.40 bits per heavy atom. The zero-order chi connectivity index (χ0) is 14.8. The molecule has 0 aromatic heterocycles. The predicted molar refractivity (Wildman–Crippen MR) is 74.0 cm³/mol. The van der Waals surface area contributed by atoms with E-state index < -0.39 is 5.97 Å². The summed E-state index contributed by atoms with van der Waals surface area (Å²) in [5.41, 5.74) is 0.253. The van der Waals surface area contributed by atoms with Crippen LogP contribution in [0.25, 0.3) is 0 Å².